The zero-order valence-electron chi connectivity index (χ0n) is 12.3. The standard InChI is InChI=1S/C12H16F5N3O2S/c1-10(23(2,21)22)19-8(12(15,16)17)5-9(20-10)18-7-3-4-11(13,14)6-7/h5,7,19H,3-4,6H2,1-2H3,(H,18,20). The van der Waals surface area contributed by atoms with Gasteiger partial charge in [0.2, 0.25) is 10.9 Å². The first-order valence-corrected chi connectivity index (χ1v) is 8.61. The van der Waals surface area contributed by atoms with E-state index in [-0.39, 0.29) is 12.3 Å². The number of sulfone groups is 1. The fourth-order valence-corrected chi connectivity index (χ4v) is 2.97. The van der Waals surface area contributed by atoms with Crippen molar-refractivity contribution < 1.29 is 30.4 Å². The highest BCUT2D eigenvalue weighted by atomic mass is 32.2. The Morgan fingerprint density at radius 1 is 1.30 bits per heavy atom. The van der Waals surface area contributed by atoms with Crippen LogP contribution in [0.3, 0.4) is 0 Å². The van der Waals surface area contributed by atoms with Gasteiger partial charge in [-0.2, -0.15) is 13.2 Å². The molecule has 0 bridgehead atoms. The molecule has 2 rings (SSSR count). The molecule has 1 heterocycles. The van der Waals surface area contributed by atoms with Gasteiger partial charge in [-0.05, 0) is 13.3 Å². The monoisotopic (exact) mass is 361 g/mol. The molecule has 1 fully saturated rings. The highest BCUT2D eigenvalue weighted by Gasteiger charge is 2.47. The van der Waals surface area contributed by atoms with Crippen LogP contribution in [0.15, 0.2) is 16.8 Å². The quantitative estimate of drug-likeness (QED) is 0.738. The lowest BCUT2D eigenvalue weighted by atomic mass is 10.2. The highest BCUT2D eigenvalue weighted by Crippen LogP contribution is 2.37. The Labute approximate surface area is 130 Å². The molecule has 0 aromatic carbocycles. The number of allylic oxidation sites excluding steroid dienone is 1. The van der Waals surface area contributed by atoms with Crippen LogP contribution in [-0.4, -0.2) is 43.6 Å². The maximum absolute atomic E-state index is 13.2. The van der Waals surface area contributed by atoms with Gasteiger partial charge < -0.3 is 10.6 Å². The molecule has 0 aromatic heterocycles. The molecule has 0 amide bonds. The summed E-state index contributed by atoms with van der Waals surface area (Å²) in [5.74, 6) is -3.29. The van der Waals surface area contributed by atoms with Crippen LogP contribution >= 0.6 is 0 Å². The summed E-state index contributed by atoms with van der Waals surface area (Å²) in [6.45, 7) is 1.01. The Morgan fingerprint density at radius 2 is 1.91 bits per heavy atom. The van der Waals surface area contributed by atoms with Crippen LogP contribution in [0.4, 0.5) is 22.0 Å². The van der Waals surface area contributed by atoms with Gasteiger partial charge in [-0.3, -0.25) is 4.99 Å². The van der Waals surface area contributed by atoms with Crippen molar-refractivity contribution >= 4 is 15.7 Å². The second-order valence-corrected chi connectivity index (χ2v) is 8.24. The van der Waals surface area contributed by atoms with Crippen LogP contribution in [0, 0.1) is 0 Å². The molecule has 0 aromatic rings. The fourth-order valence-electron chi connectivity index (χ4n) is 2.38. The first kappa shape index (κ1) is 18.0. The van der Waals surface area contributed by atoms with Crippen LogP contribution in [0.2, 0.25) is 0 Å². The molecule has 5 nitrogen and oxygen atoms in total. The van der Waals surface area contributed by atoms with E-state index in [1.165, 1.54) is 0 Å². The van der Waals surface area contributed by atoms with Crippen LogP contribution in [0.25, 0.3) is 0 Å². The first-order valence-electron chi connectivity index (χ1n) is 6.72. The van der Waals surface area contributed by atoms with Gasteiger partial charge in [-0.15, -0.1) is 0 Å². The summed E-state index contributed by atoms with van der Waals surface area (Å²) >= 11 is 0. The highest BCUT2D eigenvalue weighted by molar-refractivity contribution is 7.92. The Balaban J connectivity index is 2.38. The summed E-state index contributed by atoms with van der Waals surface area (Å²) in [7, 11) is -4.00. The number of rotatable bonds is 2. The van der Waals surface area contributed by atoms with Crippen LogP contribution in [0.1, 0.15) is 26.2 Å². The van der Waals surface area contributed by atoms with E-state index in [0.29, 0.717) is 6.08 Å². The molecule has 2 N–H and O–H groups in total. The third-order valence-electron chi connectivity index (χ3n) is 3.77. The molecule has 11 heteroatoms. The van der Waals surface area contributed by atoms with E-state index in [9.17, 15) is 30.4 Å². The lowest BCUT2D eigenvalue weighted by Gasteiger charge is -2.37. The van der Waals surface area contributed by atoms with E-state index < -0.39 is 51.5 Å². The van der Waals surface area contributed by atoms with Crippen molar-refractivity contribution in [2.75, 3.05) is 6.26 Å². The zero-order chi connectivity index (χ0) is 17.7. The minimum Gasteiger partial charge on any atom is -0.346 e. The largest absolute Gasteiger partial charge is 0.431 e. The van der Waals surface area contributed by atoms with Crippen LogP contribution < -0.4 is 10.6 Å². The number of amidine groups is 1. The predicted octanol–water partition coefficient (Wildman–Crippen LogP) is 1.93. The molecule has 2 aliphatic rings. The summed E-state index contributed by atoms with van der Waals surface area (Å²) in [5, 5.41) is 4.24. The molecule has 1 aliphatic heterocycles. The number of nitrogens with one attached hydrogen (secondary N) is 2. The number of alkyl halides is 5. The molecule has 2 unspecified atom stereocenters. The number of halogens is 5. The van der Waals surface area contributed by atoms with Crippen molar-refractivity contribution in [2.24, 2.45) is 4.99 Å². The Morgan fingerprint density at radius 3 is 2.35 bits per heavy atom. The van der Waals surface area contributed by atoms with Gasteiger partial charge >= 0.3 is 6.18 Å². The number of nitrogens with zero attached hydrogens (tertiary/aromatic N) is 1. The topological polar surface area (TPSA) is 70.6 Å². The van der Waals surface area contributed by atoms with Crippen molar-refractivity contribution in [1.29, 1.82) is 0 Å². The summed E-state index contributed by atoms with van der Waals surface area (Å²) < 4.78 is 88.7. The van der Waals surface area contributed by atoms with Gasteiger partial charge in [-0.1, -0.05) is 0 Å². The fraction of sp³-hybridized carbons (Fsp3) is 0.750. The first-order chi connectivity index (χ1) is 10.2. The Bertz CT molecular complexity index is 656. The molecular weight excluding hydrogens is 345 g/mol. The summed E-state index contributed by atoms with van der Waals surface area (Å²) in [6.07, 6.45) is -4.43. The third kappa shape index (κ3) is 3.93. The molecule has 23 heavy (non-hydrogen) atoms. The Hall–Kier alpha value is -1.39. The molecule has 0 radical (unpaired) electrons. The van der Waals surface area contributed by atoms with E-state index in [4.69, 9.17) is 0 Å². The van der Waals surface area contributed by atoms with Gasteiger partial charge in [-0.25, -0.2) is 17.2 Å². The van der Waals surface area contributed by atoms with Crippen molar-refractivity contribution in [3.05, 3.63) is 11.8 Å². The van der Waals surface area contributed by atoms with Crippen molar-refractivity contribution in [3.8, 4) is 0 Å². The number of hydrogen-bond donors (Lipinski definition) is 2. The number of hydrogen-bond acceptors (Lipinski definition) is 4. The molecule has 1 saturated carbocycles. The second-order valence-electron chi connectivity index (χ2n) is 5.88. The minimum absolute atomic E-state index is 0.0242. The molecule has 0 spiro atoms. The van der Waals surface area contributed by atoms with Gasteiger partial charge in [0.1, 0.15) is 11.5 Å². The van der Waals surface area contributed by atoms with Crippen molar-refractivity contribution in [2.45, 2.75) is 49.3 Å². The van der Waals surface area contributed by atoms with Crippen molar-refractivity contribution in [1.82, 2.24) is 10.6 Å². The van der Waals surface area contributed by atoms with Gasteiger partial charge in [0.25, 0.3) is 0 Å². The minimum atomic E-state index is -4.82. The average Bonchev–Trinajstić information content (AvgIpc) is 2.65. The van der Waals surface area contributed by atoms with Crippen LogP contribution in [0.5, 0.6) is 0 Å². The normalized spacial score (nSPS) is 33.1. The molecule has 0 saturated heterocycles. The molecular formula is C12H16F5N3O2S. The summed E-state index contributed by atoms with van der Waals surface area (Å²) in [4.78, 5) is 1.72. The number of aliphatic imine (C=N–C) groups is 1. The maximum atomic E-state index is 13.2. The second kappa shape index (κ2) is 5.32. The lowest BCUT2D eigenvalue weighted by Crippen LogP contribution is -2.64. The van der Waals surface area contributed by atoms with E-state index >= 15 is 0 Å². The average molecular weight is 361 g/mol. The maximum Gasteiger partial charge on any atom is 0.431 e. The zero-order valence-corrected chi connectivity index (χ0v) is 13.2. The Kier molecular flexibility index (Phi) is 4.15. The van der Waals surface area contributed by atoms with E-state index in [1.54, 1.807) is 0 Å². The van der Waals surface area contributed by atoms with Gasteiger partial charge in [0.15, 0.2) is 9.84 Å². The van der Waals surface area contributed by atoms with Gasteiger partial charge in [0.05, 0.1) is 6.04 Å². The SMILES string of the molecule is CC1(S(C)(=O)=O)NC(C(F)(F)F)=CC(=NC2CCC(F)(F)C2)N1. The summed E-state index contributed by atoms with van der Waals surface area (Å²) in [6, 6.07) is -0.861. The molecule has 1 aliphatic carbocycles. The van der Waals surface area contributed by atoms with Crippen molar-refractivity contribution in [3.63, 3.8) is 0 Å². The van der Waals surface area contributed by atoms with Gasteiger partial charge in [0, 0.05) is 25.2 Å². The lowest BCUT2D eigenvalue weighted by molar-refractivity contribution is -0.0987. The molecule has 132 valence electrons. The summed E-state index contributed by atoms with van der Waals surface area (Å²) in [5.41, 5.74) is -1.30. The predicted molar refractivity (Wildman–Crippen MR) is 73.7 cm³/mol. The van der Waals surface area contributed by atoms with E-state index in [0.717, 1.165) is 13.2 Å². The van der Waals surface area contributed by atoms with E-state index in [1.807, 2.05) is 5.32 Å². The smallest absolute Gasteiger partial charge is 0.346 e. The van der Waals surface area contributed by atoms with Crippen LogP contribution in [-0.2, 0) is 9.84 Å². The third-order valence-corrected chi connectivity index (χ3v) is 5.45. The molecule has 2 atom stereocenters. The van der Waals surface area contributed by atoms with E-state index in [2.05, 4.69) is 10.3 Å².